The molecule has 2 aromatic rings. The topological polar surface area (TPSA) is 104 Å². The van der Waals surface area contributed by atoms with E-state index >= 15 is 0 Å². The minimum atomic E-state index is -0.125. The molecule has 1 aliphatic heterocycles. The third-order valence-corrected chi connectivity index (χ3v) is 5.59. The molecule has 23 heavy (non-hydrogen) atoms. The molecule has 0 unspecified atom stereocenters. The molecular weight excluding hydrogens is 334 g/mol. The highest BCUT2D eigenvalue weighted by molar-refractivity contribution is 8.00. The largest absolute Gasteiger partial charge is 0.374 e. The first-order valence-electron chi connectivity index (χ1n) is 7.43. The highest BCUT2D eigenvalue weighted by Crippen LogP contribution is 2.26. The molecule has 3 heterocycles. The summed E-state index contributed by atoms with van der Waals surface area (Å²) in [4.78, 5) is 23.8. The van der Waals surface area contributed by atoms with E-state index in [4.69, 9.17) is 5.73 Å². The van der Waals surface area contributed by atoms with Crippen molar-refractivity contribution >= 4 is 34.2 Å². The molecule has 0 amide bonds. The predicted molar refractivity (Wildman–Crippen MR) is 93.1 cm³/mol. The summed E-state index contributed by atoms with van der Waals surface area (Å²) in [5, 5.41) is 8.18. The van der Waals surface area contributed by atoms with Crippen LogP contribution in [0.1, 0.15) is 12.6 Å². The predicted octanol–water partition coefficient (Wildman–Crippen LogP) is 0.638. The average molecular weight is 353 g/mol. The molecule has 3 rings (SSSR count). The van der Waals surface area contributed by atoms with Gasteiger partial charge in [0, 0.05) is 38.0 Å². The van der Waals surface area contributed by atoms with Crippen LogP contribution in [0.4, 0.5) is 11.1 Å². The third-order valence-electron chi connectivity index (χ3n) is 3.67. The van der Waals surface area contributed by atoms with Crippen molar-refractivity contribution < 1.29 is 0 Å². The number of nitrogen functional groups attached to an aromatic ring is 1. The maximum atomic E-state index is 11.9. The summed E-state index contributed by atoms with van der Waals surface area (Å²) >= 11 is 2.82. The summed E-state index contributed by atoms with van der Waals surface area (Å²) in [5.41, 5.74) is 6.18. The molecule has 0 bridgehead atoms. The van der Waals surface area contributed by atoms with E-state index in [1.165, 1.54) is 29.2 Å². The molecule has 3 N–H and O–H groups in total. The number of aromatic nitrogens is 4. The molecule has 0 atom stereocenters. The van der Waals surface area contributed by atoms with Gasteiger partial charge in [0.2, 0.25) is 11.1 Å². The first-order chi connectivity index (χ1) is 11.1. The maximum Gasteiger partial charge on any atom is 0.252 e. The number of nitrogens with zero attached hydrogens (tertiary/aromatic N) is 5. The molecule has 1 aliphatic rings. The zero-order valence-electron chi connectivity index (χ0n) is 12.9. The minimum Gasteiger partial charge on any atom is -0.374 e. The number of piperazine rings is 1. The van der Waals surface area contributed by atoms with Crippen molar-refractivity contribution in [2.75, 3.05) is 43.4 Å². The van der Waals surface area contributed by atoms with Crippen molar-refractivity contribution in [3.05, 3.63) is 22.1 Å². The van der Waals surface area contributed by atoms with E-state index in [-0.39, 0.29) is 5.56 Å². The fraction of sp³-hybridized carbons (Fsp3) is 0.538. The lowest BCUT2D eigenvalue weighted by atomic mass is 10.3. The number of aromatic amines is 1. The van der Waals surface area contributed by atoms with Crippen LogP contribution in [-0.4, -0.2) is 57.8 Å². The van der Waals surface area contributed by atoms with E-state index in [0.717, 1.165) is 42.8 Å². The van der Waals surface area contributed by atoms with Crippen LogP contribution in [0.3, 0.4) is 0 Å². The Labute approximate surface area is 142 Å². The quantitative estimate of drug-likeness (QED) is 0.755. The van der Waals surface area contributed by atoms with Crippen molar-refractivity contribution in [2.24, 2.45) is 0 Å². The Morgan fingerprint density at radius 1 is 1.35 bits per heavy atom. The Kier molecular flexibility index (Phi) is 5.13. The van der Waals surface area contributed by atoms with Gasteiger partial charge >= 0.3 is 0 Å². The van der Waals surface area contributed by atoms with Gasteiger partial charge < -0.3 is 15.5 Å². The number of likely N-dealkylation sites (N-methyl/N-ethyl adjacent to an activating group) is 1. The van der Waals surface area contributed by atoms with E-state index in [1.807, 2.05) is 0 Å². The van der Waals surface area contributed by atoms with Gasteiger partial charge in [-0.05, 0) is 6.54 Å². The number of nitrogens with two attached hydrogens (primary N) is 1. The van der Waals surface area contributed by atoms with Crippen LogP contribution in [0.2, 0.25) is 0 Å². The first-order valence-corrected chi connectivity index (χ1v) is 9.23. The smallest absolute Gasteiger partial charge is 0.252 e. The molecule has 8 nitrogen and oxygen atoms in total. The molecular formula is C13H19N7OS2. The van der Waals surface area contributed by atoms with Crippen molar-refractivity contribution in [1.29, 1.82) is 0 Å². The van der Waals surface area contributed by atoms with Crippen LogP contribution in [0, 0.1) is 0 Å². The molecule has 1 saturated heterocycles. The number of hydrogen-bond donors (Lipinski definition) is 2. The third kappa shape index (κ3) is 4.21. The second-order valence-corrected chi connectivity index (χ2v) is 7.41. The lowest BCUT2D eigenvalue weighted by molar-refractivity contribution is 0.270. The van der Waals surface area contributed by atoms with Crippen LogP contribution < -0.4 is 16.2 Å². The number of anilines is 2. The van der Waals surface area contributed by atoms with Gasteiger partial charge in [0.15, 0.2) is 4.34 Å². The molecule has 10 heteroatoms. The summed E-state index contributed by atoms with van der Waals surface area (Å²) in [6, 6.07) is 1.53. The van der Waals surface area contributed by atoms with E-state index in [0.29, 0.717) is 16.8 Å². The van der Waals surface area contributed by atoms with Gasteiger partial charge in [-0.2, -0.15) is 0 Å². The van der Waals surface area contributed by atoms with Gasteiger partial charge in [0.25, 0.3) is 5.56 Å². The molecule has 124 valence electrons. The Morgan fingerprint density at radius 2 is 2.13 bits per heavy atom. The van der Waals surface area contributed by atoms with Crippen molar-refractivity contribution in [2.45, 2.75) is 17.0 Å². The lowest BCUT2D eigenvalue weighted by Gasteiger charge is -2.34. The van der Waals surface area contributed by atoms with Gasteiger partial charge in [0.05, 0.1) is 5.69 Å². The standard InChI is InChI=1S/C13H19N7OS2/c1-2-19-3-5-20(6-4-19)12-15-9(7-10(21)16-12)8-22-13-18-17-11(14)23-13/h7H,2-6,8H2,1H3,(H2,14,17)(H,15,16,21). The Balaban J connectivity index is 1.68. The van der Waals surface area contributed by atoms with Crippen LogP contribution in [-0.2, 0) is 5.75 Å². The van der Waals surface area contributed by atoms with Crippen molar-refractivity contribution in [3.63, 3.8) is 0 Å². The second kappa shape index (κ2) is 7.28. The lowest BCUT2D eigenvalue weighted by Crippen LogP contribution is -2.47. The molecule has 0 aromatic carbocycles. The maximum absolute atomic E-state index is 11.9. The summed E-state index contributed by atoms with van der Waals surface area (Å²) in [7, 11) is 0. The summed E-state index contributed by atoms with van der Waals surface area (Å²) in [6.07, 6.45) is 0. The van der Waals surface area contributed by atoms with Gasteiger partial charge in [-0.1, -0.05) is 30.0 Å². The monoisotopic (exact) mass is 353 g/mol. The van der Waals surface area contributed by atoms with Crippen LogP contribution >= 0.6 is 23.1 Å². The zero-order valence-corrected chi connectivity index (χ0v) is 14.5. The Morgan fingerprint density at radius 3 is 2.78 bits per heavy atom. The minimum absolute atomic E-state index is 0.125. The van der Waals surface area contributed by atoms with E-state index in [1.54, 1.807) is 0 Å². The number of thioether (sulfide) groups is 1. The summed E-state index contributed by atoms with van der Waals surface area (Å²) in [5.74, 6) is 1.22. The molecule has 1 fully saturated rings. The first kappa shape index (κ1) is 16.2. The highest BCUT2D eigenvalue weighted by Gasteiger charge is 2.18. The van der Waals surface area contributed by atoms with E-state index in [9.17, 15) is 4.79 Å². The molecule has 0 aliphatic carbocycles. The Bertz CT molecular complexity index is 708. The number of hydrogen-bond acceptors (Lipinski definition) is 9. The van der Waals surface area contributed by atoms with E-state index in [2.05, 4.69) is 36.9 Å². The van der Waals surface area contributed by atoms with Gasteiger partial charge in [0.1, 0.15) is 0 Å². The fourth-order valence-electron chi connectivity index (χ4n) is 2.41. The van der Waals surface area contributed by atoms with Crippen LogP contribution in [0.15, 0.2) is 15.2 Å². The van der Waals surface area contributed by atoms with Gasteiger partial charge in [-0.3, -0.25) is 9.78 Å². The van der Waals surface area contributed by atoms with Crippen molar-refractivity contribution in [1.82, 2.24) is 25.1 Å². The summed E-state index contributed by atoms with van der Waals surface area (Å²) < 4.78 is 0.780. The fourth-order valence-corrected chi connectivity index (χ4v) is 3.94. The second-order valence-electron chi connectivity index (χ2n) is 5.18. The summed E-state index contributed by atoms with van der Waals surface area (Å²) in [6.45, 7) is 6.94. The van der Waals surface area contributed by atoms with Crippen LogP contribution in [0.25, 0.3) is 0 Å². The van der Waals surface area contributed by atoms with Crippen LogP contribution in [0.5, 0.6) is 0 Å². The highest BCUT2D eigenvalue weighted by atomic mass is 32.2. The van der Waals surface area contributed by atoms with Gasteiger partial charge in [-0.25, -0.2) is 4.98 Å². The molecule has 0 saturated carbocycles. The van der Waals surface area contributed by atoms with E-state index < -0.39 is 0 Å². The molecule has 0 radical (unpaired) electrons. The molecule has 2 aromatic heterocycles. The van der Waals surface area contributed by atoms with Crippen molar-refractivity contribution in [3.8, 4) is 0 Å². The normalized spacial score (nSPS) is 16.0. The average Bonchev–Trinajstić information content (AvgIpc) is 2.98. The SMILES string of the molecule is CCN1CCN(c2nc(CSc3nnc(N)s3)cc(=O)[nH]2)CC1. The number of H-pyrrole nitrogens is 1. The Hall–Kier alpha value is -1.65. The number of nitrogens with one attached hydrogen (secondary N) is 1. The zero-order chi connectivity index (χ0) is 16.2. The van der Waals surface area contributed by atoms with Gasteiger partial charge in [-0.15, -0.1) is 10.2 Å². The molecule has 0 spiro atoms. The number of rotatable bonds is 5.